The number of carboxylic acid groups (broad SMARTS) is 1. The number of aromatic hydroxyl groups is 1. The Bertz CT molecular complexity index is 760. The van der Waals surface area contributed by atoms with Gasteiger partial charge in [0.15, 0.2) is 11.5 Å². The van der Waals surface area contributed by atoms with Gasteiger partial charge in [-0.05, 0) is 41.5 Å². The summed E-state index contributed by atoms with van der Waals surface area (Å²) in [6.07, 6.45) is 3.87. The van der Waals surface area contributed by atoms with Crippen molar-refractivity contribution in [3.63, 3.8) is 0 Å². The highest BCUT2D eigenvalue weighted by molar-refractivity contribution is 6.02. The molecule has 0 aliphatic heterocycles. The molecule has 2 N–H and O–H groups in total. The smallest absolute Gasteiger partial charge is 0.331 e. The molecular formula is C19H22O4. The normalized spacial score (nSPS) is 11.7. The van der Waals surface area contributed by atoms with Gasteiger partial charge < -0.3 is 14.9 Å². The van der Waals surface area contributed by atoms with Crippen molar-refractivity contribution in [3.05, 3.63) is 41.0 Å². The molecule has 0 unspecified atom stereocenters. The number of fused-ring (bicyclic) bond motifs is 1. The van der Waals surface area contributed by atoms with Gasteiger partial charge in [-0.2, -0.15) is 0 Å². The van der Waals surface area contributed by atoms with Crippen LogP contribution in [0.25, 0.3) is 16.8 Å². The predicted molar refractivity (Wildman–Crippen MR) is 92.1 cm³/mol. The van der Waals surface area contributed by atoms with E-state index >= 15 is 0 Å². The molecule has 0 amide bonds. The summed E-state index contributed by atoms with van der Waals surface area (Å²) < 4.78 is 5.28. The average molecular weight is 314 g/mol. The molecule has 0 aromatic heterocycles. The lowest BCUT2D eigenvalue weighted by Crippen LogP contribution is -1.99. The van der Waals surface area contributed by atoms with Gasteiger partial charge in [0.1, 0.15) is 0 Å². The molecule has 0 aliphatic rings. The first-order valence-corrected chi connectivity index (χ1v) is 7.78. The fourth-order valence-corrected chi connectivity index (χ4v) is 2.79. The topological polar surface area (TPSA) is 66.8 Å². The molecule has 4 heteroatoms. The molecular weight excluding hydrogens is 292 g/mol. The van der Waals surface area contributed by atoms with Crippen molar-refractivity contribution in [3.8, 4) is 11.5 Å². The Morgan fingerprint density at radius 3 is 2.61 bits per heavy atom. The van der Waals surface area contributed by atoms with Crippen LogP contribution >= 0.6 is 0 Å². The highest BCUT2D eigenvalue weighted by Gasteiger charge is 2.15. The number of phenols is 1. The lowest BCUT2D eigenvalue weighted by molar-refractivity contribution is -0.132. The van der Waals surface area contributed by atoms with Crippen molar-refractivity contribution in [2.45, 2.75) is 33.1 Å². The molecule has 122 valence electrons. The van der Waals surface area contributed by atoms with Gasteiger partial charge in [0, 0.05) is 11.0 Å². The number of hydrogen-bond donors (Lipinski definition) is 2. The standard InChI is InChI=1S/C19H22O4/c1-4-7-13-8-6-9-15-14(10-12(5-2)19(21)22)11-16(23-3)18(20)17(13)15/h6,8-11,20H,4-5,7H2,1-3H3,(H,21,22)/b12-10-. The molecule has 0 saturated carbocycles. The second kappa shape index (κ2) is 7.18. The van der Waals surface area contributed by atoms with Gasteiger partial charge in [0.05, 0.1) is 7.11 Å². The summed E-state index contributed by atoms with van der Waals surface area (Å²) in [7, 11) is 1.49. The van der Waals surface area contributed by atoms with Gasteiger partial charge in [0.2, 0.25) is 0 Å². The fraction of sp³-hybridized carbons (Fsp3) is 0.316. The quantitative estimate of drug-likeness (QED) is 0.776. The lowest BCUT2D eigenvalue weighted by atomic mass is 9.95. The van der Waals surface area contributed by atoms with Gasteiger partial charge in [-0.3, -0.25) is 0 Å². The van der Waals surface area contributed by atoms with Crippen molar-refractivity contribution in [2.75, 3.05) is 7.11 Å². The molecule has 0 bridgehead atoms. The zero-order valence-electron chi connectivity index (χ0n) is 13.7. The Labute approximate surface area is 136 Å². The molecule has 2 aromatic carbocycles. The van der Waals surface area contributed by atoms with Crippen LogP contribution in [-0.2, 0) is 11.2 Å². The van der Waals surface area contributed by atoms with E-state index in [-0.39, 0.29) is 5.75 Å². The third kappa shape index (κ3) is 3.31. The van der Waals surface area contributed by atoms with Gasteiger partial charge in [-0.15, -0.1) is 0 Å². The largest absolute Gasteiger partial charge is 0.504 e. The average Bonchev–Trinajstić information content (AvgIpc) is 2.54. The molecule has 4 nitrogen and oxygen atoms in total. The minimum Gasteiger partial charge on any atom is -0.504 e. The van der Waals surface area contributed by atoms with Gasteiger partial charge in [0.25, 0.3) is 0 Å². The summed E-state index contributed by atoms with van der Waals surface area (Å²) >= 11 is 0. The molecule has 0 radical (unpaired) electrons. The Balaban J connectivity index is 2.82. The first-order valence-electron chi connectivity index (χ1n) is 7.78. The van der Waals surface area contributed by atoms with Crippen LogP contribution in [0.1, 0.15) is 37.8 Å². The molecule has 23 heavy (non-hydrogen) atoms. The maximum atomic E-state index is 11.3. The van der Waals surface area contributed by atoms with E-state index in [1.54, 1.807) is 12.1 Å². The highest BCUT2D eigenvalue weighted by atomic mass is 16.5. The van der Waals surface area contributed by atoms with Crippen LogP contribution < -0.4 is 4.74 Å². The molecule has 0 saturated heterocycles. The fourth-order valence-electron chi connectivity index (χ4n) is 2.79. The maximum Gasteiger partial charge on any atom is 0.331 e. The first-order chi connectivity index (χ1) is 11.0. The second-order valence-electron chi connectivity index (χ2n) is 5.43. The number of ether oxygens (including phenoxy) is 1. The zero-order valence-corrected chi connectivity index (χ0v) is 13.7. The molecule has 2 aromatic rings. The van der Waals surface area contributed by atoms with Crippen LogP contribution in [0.4, 0.5) is 0 Å². The summed E-state index contributed by atoms with van der Waals surface area (Å²) in [6, 6.07) is 7.50. The Morgan fingerprint density at radius 2 is 2.04 bits per heavy atom. The van der Waals surface area contributed by atoms with E-state index in [2.05, 4.69) is 6.92 Å². The number of methoxy groups -OCH3 is 1. The van der Waals surface area contributed by atoms with E-state index in [9.17, 15) is 15.0 Å². The predicted octanol–water partition coefficient (Wildman–Crippen LogP) is 4.38. The number of carboxylic acids is 1. The van der Waals surface area contributed by atoms with Gasteiger partial charge >= 0.3 is 5.97 Å². The zero-order chi connectivity index (χ0) is 17.0. The number of phenolic OH excluding ortho intramolecular Hbond substituents is 1. The summed E-state index contributed by atoms with van der Waals surface area (Å²) in [6.45, 7) is 3.89. The van der Waals surface area contributed by atoms with Crippen LogP contribution in [0.2, 0.25) is 0 Å². The second-order valence-corrected chi connectivity index (χ2v) is 5.43. The maximum absolute atomic E-state index is 11.3. The number of aliphatic carboxylic acids is 1. The first kappa shape index (κ1) is 16.9. The van der Waals surface area contributed by atoms with Crippen LogP contribution in [0.5, 0.6) is 11.5 Å². The van der Waals surface area contributed by atoms with Crippen LogP contribution in [0, 0.1) is 0 Å². The SMILES string of the molecule is CCCc1cccc2c(/C=C(/CC)C(=O)O)cc(OC)c(O)c12. The Morgan fingerprint density at radius 1 is 1.30 bits per heavy atom. The van der Waals surface area contributed by atoms with E-state index in [1.165, 1.54) is 7.11 Å². The third-order valence-electron chi connectivity index (χ3n) is 3.94. The van der Waals surface area contributed by atoms with Crippen molar-refractivity contribution >= 4 is 22.8 Å². The summed E-state index contributed by atoms with van der Waals surface area (Å²) in [5, 5.41) is 21.4. The van der Waals surface area contributed by atoms with Crippen LogP contribution in [-0.4, -0.2) is 23.3 Å². The molecule has 0 fully saturated rings. The highest BCUT2D eigenvalue weighted by Crippen LogP contribution is 2.40. The number of rotatable bonds is 6. The van der Waals surface area contributed by atoms with Crippen molar-refractivity contribution in [1.29, 1.82) is 0 Å². The van der Waals surface area contributed by atoms with Crippen molar-refractivity contribution in [2.24, 2.45) is 0 Å². The van der Waals surface area contributed by atoms with Gasteiger partial charge in [-0.25, -0.2) is 4.79 Å². The van der Waals surface area contributed by atoms with Crippen LogP contribution in [0.15, 0.2) is 29.8 Å². The molecule has 0 atom stereocenters. The number of carbonyl (C=O) groups is 1. The molecule has 2 rings (SSSR count). The summed E-state index contributed by atoms with van der Waals surface area (Å²) in [5.74, 6) is -0.470. The van der Waals surface area contributed by atoms with Crippen molar-refractivity contribution < 1.29 is 19.7 Å². The van der Waals surface area contributed by atoms with E-state index in [4.69, 9.17) is 4.74 Å². The minimum atomic E-state index is -0.933. The molecule has 0 aliphatic carbocycles. The Hall–Kier alpha value is -2.49. The van der Waals surface area contributed by atoms with Gasteiger partial charge in [-0.1, -0.05) is 38.5 Å². The van der Waals surface area contributed by atoms with E-state index < -0.39 is 5.97 Å². The van der Waals surface area contributed by atoms with Crippen molar-refractivity contribution in [1.82, 2.24) is 0 Å². The Kier molecular flexibility index (Phi) is 5.27. The van der Waals surface area contributed by atoms with E-state index in [0.717, 1.165) is 34.7 Å². The monoisotopic (exact) mass is 314 g/mol. The molecule has 0 spiro atoms. The number of hydrogen-bond acceptors (Lipinski definition) is 3. The van der Waals surface area contributed by atoms with E-state index in [1.807, 2.05) is 25.1 Å². The summed E-state index contributed by atoms with van der Waals surface area (Å²) in [5.41, 5.74) is 2.09. The van der Waals surface area contributed by atoms with Crippen LogP contribution in [0.3, 0.4) is 0 Å². The molecule has 0 heterocycles. The lowest BCUT2D eigenvalue weighted by Gasteiger charge is -2.14. The summed E-state index contributed by atoms with van der Waals surface area (Å²) in [4.78, 5) is 11.3. The minimum absolute atomic E-state index is 0.108. The number of benzene rings is 2. The number of aryl methyl sites for hydroxylation is 1. The third-order valence-corrected chi connectivity index (χ3v) is 3.94. The van der Waals surface area contributed by atoms with E-state index in [0.29, 0.717) is 17.7 Å².